The molecule has 1 amide bonds. The third-order valence-corrected chi connectivity index (χ3v) is 3.57. The molecular weight excluding hydrogens is 290 g/mol. The smallest absolute Gasteiger partial charge is 0.228 e. The number of rotatable bonds is 5. The molecule has 0 bridgehead atoms. The quantitative estimate of drug-likeness (QED) is 0.341. The Bertz CT molecular complexity index is 653. The number of amidine groups is 1. The summed E-state index contributed by atoms with van der Waals surface area (Å²) < 4.78 is 5.21. The number of ether oxygens (including phenoxy) is 1. The van der Waals surface area contributed by atoms with Gasteiger partial charge in [-0.2, -0.15) is 11.3 Å². The molecule has 4 N–H and O–H groups in total. The average Bonchev–Trinajstić information content (AvgIpc) is 2.99. The fourth-order valence-corrected chi connectivity index (χ4v) is 2.53. The van der Waals surface area contributed by atoms with Crippen LogP contribution in [0, 0.1) is 0 Å². The molecule has 6 nitrogen and oxygen atoms in total. The zero-order valence-corrected chi connectivity index (χ0v) is 12.2. The highest BCUT2D eigenvalue weighted by atomic mass is 32.1. The lowest BCUT2D eigenvalue weighted by atomic mass is 10.1. The van der Waals surface area contributed by atoms with E-state index in [1.165, 1.54) is 18.4 Å². The molecule has 0 fully saturated rings. The van der Waals surface area contributed by atoms with E-state index in [9.17, 15) is 4.79 Å². The fraction of sp³-hybridized carbons (Fsp3) is 0.143. The highest BCUT2D eigenvalue weighted by Gasteiger charge is 2.15. The molecule has 0 saturated carbocycles. The van der Waals surface area contributed by atoms with Crippen molar-refractivity contribution < 1.29 is 14.7 Å². The van der Waals surface area contributed by atoms with Crippen molar-refractivity contribution in [1.29, 1.82) is 0 Å². The molecule has 21 heavy (non-hydrogen) atoms. The van der Waals surface area contributed by atoms with Crippen molar-refractivity contribution >= 4 is 28.8 Å². The number of nitrogens with one attached hydrogen (secondary N) is 1. The summed E-state index contributed by atoms with van der Waals surface area (Å²) in [6, 6.07) is 6.91. The Morgan fingerprint density at radius 1 is 1.48 bits per heavy atom. The van der Waals surface area contributed by atoms with Crippen LogP contribution in [0.3, 0.4) is 0 Å². The molecule has 0 aliphatic rings. The largest absolute Gasteiger partial charge is 0.495 e. The number of para-hydroxylation sites is 1. The molecule has 0 radical (unpaired) electrons. The minimum Gasteiger partial charge on any atom is -0.495 e. The highest BCUT2D eigenvalue weighted by Crippen LogP contribution is 2.28. The maximum atomic E-state index is 12.1. The Morgan fingerprint density at radius 3 is 2.90 bits per heavy atom. The number of hydrogen-bond acceptors (Lipinski definition) is 5. The summed E-state index contributed by atoms with van der Waals surface area (Å²) in [6.45, 7) is 0. The summed E-state index contributed by atoms with van der Waals surface area (Å²) in [5, 5.41) is 18.4. The fourth-order valence-electron chi connectivity index (χ4n) is 1.86. The van der Waals surface area contributed by atoms with Crippen LogP contribution < -0.4 is 15.8 Å². The SMILES string of the molecule is COc1cccc(/C(N)=N/O)c1NC(=O)Cc1ccsc1. The number of nitrogens with zero attached hydrogens (tertiary/aromatic N) is 1. The van der Waals surface area contributed by atoms with Gasteiger partial charge in [0, 0.05) is 5.56 Å². The van der Waals surface area contributed by atoms with Gasteiger partial charge in [0.2, 0.25) is 5.91 Å². The summed E-state index contributed by atoms with van der Waals surface area (Å²) in [6.07, 6.45) is 0.247. The zero-order valence-electron chi connectivity index (χ0n) is 11.4. The first-order valence-corrected chi connectivity index (χ1v) is 7.05. The van der Waals surface area contributed by atoms with Crippen LogP contribution in [0.5, 0.6) is 5.75 Å². The van der Waals surface area contributed by atoms with E-state index in [2.05, 4.69) is 10.5 Å². The Labute approximate surface area is 125 Å². The predicted octanol–water partition coefficient (Wildman–Crippen LogP) is 2.03. The van der Waals surface area contributed by atoms with E-state index in [0.29, 0.717) is 17.0 Å². The number of carbonyl (C=O) groups excluding carboxylic acids is 1. The molecule has 0 saturated heterocycles. The number of thiophene rings is 1. The van der Waals surface area contributed by atoms with Crippen molar-refractivity contribution in [3.8, 4) is 5.75 Å². The molecule has 0 aliphatic heterocycles. The second-order valence-corrected chi connectivity index (χ2v) is 5.00. The highest BCUT2D eigenvalue weighted by molar-refractivity contribution is 7.08. The van der Waals surface area contributed by atoms with Crippen molar-refractivity contribution in [2.24, 2.45) is 10.9 Å². The first-order valence-electron chi connectivity index (χ1n) is 6.11. The molecule has 0 unspecified atom stereocenters. The normalized spacial score (nSPS) is 11.2. The standard InChI is InChI=1S/C14H15N3O3S/c1-20-11-4-2-3-10(14(15)17-19)13(11)16-12(18)7-9-5-6-21-8-9/h2-6,8,19H,7H2,1H3,(H2,15,17)(H,16,18). The molecule has 0 aliphatic carbocycles. The Hall–Kier alpha value is -2.54. The lowest BCUT2D eigenvalue weighted by molar-refractivity contribution is -0.115. The van der Waals surface area contributed by atoms with E-state index in [-0.39, 0.29) is 18.2 Å². The van der Waals surface area contributed by atoms with Crippen LogP contribution in [-0.2, 0) is 11.2 Å². The van der Waals surface area contributed by atoms with Gasteiger partial charge in [-0.05, 0) is 34.5 Å². The van der Waals surface area contributed by atoms with Crippen molar-refractivity contribution in [2.45, 2.75) is 6.42 Å². The molecule has 1 aromatic carbocycles. The van der Waals surface area contributed by atoms with Crippen LogP contribution in [0.2, 0.25) is 0 Å². The van der Waals surface area contributed by atoms with Gasteiger partial charge in [-0.25, -0.2) is 0 Å². The molecular formula is C14H15N3O3S. The van der Waals surface area contributed by atoms with Gasteiger partial charge in [0.05, 0.1) is 19.2 Å². The molecule has 1 aromatic heterocycles. The minimum atomic E-state index is -0.204. The van der Waals surface area contributed by atoms with Gasteiger partial charge in [-0.15, -0.1) is 0 Å². The molecule has 110 valence electrons. The lowest BCUT2D eigenvalue weighted by Crippen LogP contribution is -2.20. The second kappa shape index (κ2) is 6.76. The second-order valence-electron chi connectivity index (χ2n) is 4.22. The molecule has 1 heterocycles. The first kappa shape index (κ1) is 14.9. The monoisotopic (exact) mass is 305 g/mol. The maximum absolute atomic E-state index is 12.1. The number of methoxy groups -OCH3 is 1. The van der Waals surface area contributed by atoms with Crippen LogP contribution in [-0.4, -0.2) is 24.1 Å². The van der Waals surface area contributed by atoms with Crippen molar-refractivity contribution in [1.82, 2.24) is 0 Å². The molecule has 2 aromatic rings. The summed E-state index contributed by atoms with van der Waals surface area (Å²) in [7, 11) is 1.49. The number of anilines is 1. The number of benzene rings is 1. The van der Waals surface area contributed by atoms with Gasteiger partial charge in [0.1, 0.15) is 5.75 Å². The van der Waals surface area contributed by atoms with Crippen LogP contribution >= 0.6 is 11.3 Å². The maximum Gasteiger partial charge on any atom is 0.228 e. The first-order chi connectivity index (χ1) is 10.2. The van der Waals surface area contributed by atoms with Gasteiger partial charge in [0.15, 0.2) is 5.84 Å². The van der Waals surface area contributed by atoms with E-state index >= 15 is 0 Å². The number of hydrogen-bond donors (Lipinski definition) is 3. The van der Waals surface area contributed by atoms with E-state index in [0.717, 1.165) is 5.56 Å². The van der Waals surface area contributed by atoms with Gasteiger partial charge >= 0.3 is 0 Å². The summed E-state index contributed by atoms with van der Waals surface area (Å²) in [5.41, 5.74) is 7.34. The number of amides is 1. The van der Waals surface area contributed by atoms with Crippen molar-refractivity contribution in [2.75, 3.05) is 12.4 Å². The zero-order chi connectivity index (χ0) is 15.2. The lowest BCUT2D eigenvalue weighted by Gasteiger charge is -2.14. The summed E-state index contributed by atoms with van der Waals surface area (Å²) in [5.74, 6) is 0.141. The number of nitrogens with two attached hydrogens (primary N) is 1. The predicted molar refractivity (Wildman–Crippen MR) is 82.2 cm³/mol. The van der Waals surface area contributed by atoms with Crippen LogP contribution in [0.1, 0.15) is 11.1 Å². The molecule has 0 spiro atoms. The van der Waals surface area contributed by atoms with E-state index < -0.39 is 0 Å². The average molecular weight is 305 g/mol. The Kier molecular flexibility index (Phi) is 4.78. The molecule has 2 rings (SSSR count). The van der Waals surface area contributed by atoms with Gasteiger partial charge in [-0.3, -0.25) is 4.79 Å². The third kappa shape index (κ3) is 3.51. The molecule has 7 heteroatoms. The van der Waals surface area contributed by atoms with Gasteiger partial charge in [0.25, 0.3) is 0 Å². The Balaban J connectivity index is 2.27. The van der Waals surface area contributed by atoms with E-state index in [4.69, 9.17) is 15.7 Å². The van der Waals surface area contributed by atoms with Crippen LogP contribution in [0.4, 0.5) is 5.69 Å². The van der Waals surface area contributed by atoms with Crippen LogP contribution in [0.15, 0.2) is 40.2 Å². The van der Waals surface area contributed by atoms with Crippen molar-refractivity contribution in [3.63, 3.8) is 0 Å². The molecule has 0 atom stereocenters. The van der Waals surface area contributed by atoms with E-state index in [1.54, 1.807) is 18.2 Å². The van der Waals surface area contributed by atoms with Gasteiger partial charge < -0.3 is 21.0 Å². The summed E-state index contributed by atoms with van der Waals surface area (Å²) >= 11 is 1.53. The third-order valence-electron chi connectivity index (χ3n) is 2.84. The summed E-state index contributed by atoms with van der Waals surface area (Å²) in [4.78, 5) is 12.1. The number of oxime groups is 1. The minimum absolute atomic E-state index is 0.0975. The Morgan fingerprint density at radius 2 is 2.29 bits per heavy atom. The van der Waals surface area contributed by atoms with Gasteiger partial charge in [-0.1, -0.05) is 11.2 Å². The topological polar surface area (TPSA) is 96.9 Å². The van der Waals surface area contributed by atoms with Crippen LogP contribution in [0.25, 0.3) is 0 Å². The number of carbonyl (C=O) groups is 1. The van der Waals surface area contributed by atoms with Crippen molar-refractivity contribution in [3.05, 3.63) is 46.2 Å². The van der Waals surface area contributed by atoms with E-state index in [1.807, 2.05) is 16.8 Å².